The maximum Gasteiger partial charge on any atom is 0.239 e. The molecular weight excluding hydrogens is 258 g/mol. The zero-order valence-electron chi connectivity index (χ0n) is 11.5. The van der Waals surface area contributed by atoms with Crippen molar-refractivity contribution in [3.8, 4) is 0 Å². The summed E-state index contributed by atoms with van der Waals surface area (Å²) in [5, 5.41) is 0. The van der Waals surface area contributed by atoms with Gasteiger partial charge in [0.2, 0.25) is 18.2 Å². The minimum atomic E-state index is -0.00922. The SMILES string of the molecule is O=C=NC=CCCCC(CCCCCN=C=O)N=C=O. The van der Waals surface area contributed by atoms with E-state index in [-0.39, 0.29) is 6.04 Å². The number of carbonyl (C=O) groups excluding carboxylic acids is 3. The van der Waals surface area contributed by atoms with Gasteiger partial charge in [-0.25, -0.2) is 24.4 Å². The lowest BCUT2D eigenvalue weighted by atomic mass is 10.0. The van der Waals surface area contributed by atoms with Gasteiger partial charge in [0.15, 0.2) is 0 Å². The Labute approximate surface area is 118 Å². The van der Waals surface area contributed by atoms with Gasteiger partial charge in [-0.15, -0.1) is 0 Å². The lowest BCUT2D eigenvalue weighted by molar-refractivity contribution is 0.502. The molecule has 0 aromatic heterocycles. The van der Waals surface area contributed by atoms with E-state index in [1.54, 1.807) is 12.2 Å². The van der Waals surface area contributed by atoms with Crippen LogP contribution in [0, 0.1) is 0 Å². The number of hydrogen-bond donors (Lipinski definition) is 0. The maximum atomic E-state index is 10.3. The first-order valence-corrected chi connectivity index (χ1v) is 6.67. The summed E-state index contributed by atoms with van der Waals surface area (Å²) in [5.74, 6) is 0. The van der Waals surface area contributed by atoms with Crippen molar-refractivity contribution >= 4 is 18.2 Å². The number of nitrogens with zero attached hydrogens (tertiary/aromatic N) is 3. The van der Waals surface area contributed by atoms with E-state index in [1.807, 2.05) is 0 Å². The molecule has 0 amide bonds. The quantitative estimate of drug-likeness (QED) is 0.312. The maximum absolute atomic E-state index is 10.3. The van der Waals surface area contributed by atoms with Gasteiger partial charge in [-0.3, -0.25) is 0 Å². The van der Waals surface area contributed by atoms with Crippen LogP contribution in [0.2, 0.25) is 0 Å². The second-order valence-electron chi connectivity index (χ2n) is 4.23. The summed E-state index contributed by atoms with van der Waals surface area (Å²) in [6, 6.07) is -0.00922. The van der Waals surface area contributed by atoms with E-state index in [9.17, 15) is 14.4 Å². The van der Waals surface area contributed by atoms with Crippen molar-refractivity contribution in [2.75, 3.05) is 6.54 Å². The number of rotatable bonds is 12. The van der Waals surface area contributed by atoms with Crippen molar-refractivity contribution in [3.05, 3.63) is 12.3 Å². The van der Waals surface area contributed by atoms with Gasteiger partial charge in [-0.2, -0.15) is 4.99 Å². The van der Waals surface area contributed by atoms with Gasteiger partial charge in [0.1, 0.15) is 0 Å². The van der Waals surface area contributed by atoms with Crippen LogP contribution in [-0.2, 0) is 14.4 Å². The monoisotopic (exact) mass is 277 g/mol. The summed E-state index contributed by atoms with van der Waals surface area (Å²) in [7, 11) is 0. The Kier molecular flexibility index (Phi) is 13.4. The van der Waals surface area contributed by atoms with E-state index in [0.29, 0.717) is 6.54 Å². The van der Waals surface area contributed by atoms with Crippen LogP contribution in [0.15, 0.2) is 27.3 Å². The van der Waals surface area contributed by atoms with Crippen molar-refractivity contribution in [2.45, 2.75) is 51.0 Å². The normalized spacial score (nSPS) is 11.2. The average Bonchev–Trinajstić information content (AvgIpc) is 2.46. The smallest absolute Gasteiger partial charge is 0.211 e. The van der Waals surface area contributed by atoms with Crippen LogP contribution >= 0.6 is 0 Å². The molecule has 0 bridgehead atoms. The molecule has 6 nitrogen and oxygen atoms in total. The van der Waals surface area contributed by atoms with Crippen molar-refractivity contribution in [2.24, 2.45) is 15.0 Å². The first-order chi connectivity index (χ1) is 9.85. The molecule has 0 aromatic rings. The molecule has 0 rings (SSSR count). The van der Waals surface area contributed by atoms with Crippen molar-refractivity contribution in [1.82, 2.24) is 0 Å². The number of unbranched alkanes of at least 4 members (excludes halogenated alkanes) is 3. The second kappa shape index (κ2) is 14.9. The highest BCUT2D eigenvalue weighted by molar-refractivity contribution is 5.34. The molecule has 0 heterocycles. The molecule has 0 fully saturated rings. The van der Waals surface area contributed by atoms with Crippen molar-refractivity contribution in [1.29, 1.82) is 0 Å². The average molecular weight is 277 g/mol. The van der Waals surface area contributed by atoms with Crippen molar-refractivity contribution < 1.29 is 14.4 Å². The summed E-state index contributed by atoms with van der Waals surface area (Å²) in [6.45, 7) is 0.507. The molecule has 0 aliphatic heterocycles. The molecule has 0 aromatic carbocycles. The van der Waals surface area contributed by atoms with E-state index in [1.165, 1.54) is 18.4 Å². The summed E-state index contributed by atoms with van der Waals surface area (Å²) >= 11 is 0. The highest BCUT2D eigenvalue weighted by atomic mass is 16.1. The summed E-state index contributed by atoms with van der Waals surface area (Å²) in [4.78, 5) is 40.6. The molecule has 6 heteroatoms. The highest BCUT2D eigenvalue weighted by Crippen LogP contribution is 2.13. The number of hydrogen-bond acceptors (Lipinski definition) is 6. The third-order valence-electron chi connectivity index (χ3n) is 2.75. The van der Waals surface area contributed by atoms with Crippen LogP contribution in [0.25, 0.3) is 0 Å². The molecule has 1 atom stereocenters. The Balaban J connectivity index is 3.78. The van der Waals surface area contributed by atoms with Crippen LogP contribution in [0.1, 0.15) is 44.9 Å². The molecule has 0 saturated heterocycles. The van der Waals surface area contributed by atoms with Gasteiger partial charge in [-0.05, 0) is 32.1 Å². The first kappa shape index (κ1) is 17.9. The predicted molar refractivity (Wildman–Crippen MR) is 74.5 cm³/mol. The Bertz CT molecular complexity index is 415. The van der Waals surface area contributed by atoms with E-state index in [0.717, 1.165) is 44.9 Å². The van der Waals surface area contributed by atoms with Gasteiger partial charge in [0, 0.05) is 6.20 Å². The molecule has 108 valence electrons. The lowest BCUT2D eigenvalue weighted by Crippen LogP contribution is -2.04. The van der Waals surface area contributed by atoms with Crippen LogP contribution in [0.5, 0.6) is 0 Å². The third-order valence-corrected chi connectivity index (χ3v) is 2.75. The van der Waals surface area contributed by atoms with Crippen LogP contribution in [0.3, 0.4) is 0 Å². The van der Waals surface area contributed by atoms with E-state index in [2.05, 4.69) is 15.0 Å². The van der Waals surface area contributed by atoms with Gasteiger partial charge >= 0.3 is 0 Å². The second-order valence-corrected chi connectivity index (χ2v) is 4.23. The Morgan fingerprint density at radius 3 is 2.40 bits per heavy atom. The molecule has 0 aliphatic carbocycles. The molecule has 20 heavy (non-hydrogen) atoms. The third kappa shape index (κ3) is 12.3. The zero-order valence-corrected chi connectivity index (χ0v) is 11.5. The fraction of sp³-hybridized carbons (Fsp3) is 0.643. The van der Waals surface area contributed by atoms with Crippen molar-refractivity contribution in [3.63, 3.8) is 0 Å². The molecule has 0 spiro atoms. The Morgan fingerprint density at radius 1 is 0.900 bits per heavy atom. The van der Waals surface area contributed by atoms with Gasteiger partial charge in [0.05, 0.1) is 12.6 Å². The number of isocyanates is 3. The fourth-order valence-electron chi connectivity index (χ4n) is 1.77. The zero-order chi connectivity index (χ0) is 14.9. The molecule has 0 N–H and O–H groups in total. The largest absolute Gasteiger partial charge is 0.239 e. The van der Waals surface area contributed by atoms with E-state index in [4.69, 9.17) is 0 Å². The lowest BCUT2D eigenvalue weighted by Gasteiger charge is -2.09. The summed E-state index contributed by atoms with van der Waals surface area (Å²) in [6.07, 6.45) is 13.8. The highest BCUT2D eigenvalue weighted by Gasteiger charge is 2.05. The Morgan fingerprint density at radius 2 is 1.70 bits per heavy atom. The fourth-order valence-corrected chi connectivity index (χ4v) is 1.77. The standard InChI is InChI=1S/C14H19N3O3/c18-11-15-9-5-1-3-7-14(17-13-20)8-4-2-6-10-16-12-19/h5,9,14H,1-4,6-8,10H2. The van der Waals surface area contributed by atoms with Gasteiger partial charge < -0.3 is 0 Å². The van der Waals surface area contributed by atoms with Crippen LogP contribution in [-0.4, -0.2) is 30.8 Å². The molecule has 0 aliphatic rings. The Hall–Kier alpha value is -2.12. The van der Waals surface area contributed by atoms with Crippen LogP contribution < -0.4 is 0 Å². The first-order valence-electron chi connectivity index (χ1n) is 6.67. The molecule has 1 unspecified atom stereocenters. The number of allylic oxidation sites excluding steroid dienone is 1. The van der Waals surface area contributed by atoms with E-state index >= 15 is 0 Å². The predicted octanol–water partition coefficient (Wildman–Crippen LogP) is 2.61. The van der Waals surface area contributed by atoms with Gasteiger partial charge in [-0.1, -0.05) is 18.9 Å². The molecule has 0 saturated carbocycles. The molecular formula is C14H19N3O3. The minimum absolute atomic E-state index is 0.00922. The number of aliphatic imine (C=N–C) groups is 3. The molecule has 0 radical (unpaired) electrons. The topological polar surface area (TPSA) is 88.3 Å². The summed E-state index contributed by atoms with van der Waals surface area (Å²) < 4.78 is 0. The van der Waals surface area contributed by atoms with E-state index < -0.39 is 0 Å². The minimum Gasteiger partial charge on any atom is -0.211 e. The summed E-state index contributed by atoms with van der Waals surface area (Å²) in [5.41, 5.74) is 0. The van der Waals surface area contributed by atoms with Gasteiger partial charge in [0.25, 0.3) is 0 Å². The van der Waals surface area contributed by atoms with Crippen LogP contribution in [0.4, 0.5) is 0 Å².